The molecule has 296 valence electrons. The van der Waals surface area contributed by atoms with Gasteiger partial charge in [0, 0.05) is 33.6 Å². The minimum Gasteiger partial charge on any atom is -0.310 e. The van der Waals surface area contributed by atoms with E-state index < -0.39 is 0 Å². The summed E-state index contributed by atoms with van der Waals surface area (Å²) in [7, 11) is 0. The summed E-state index contributed by atoms with van der Waals surface area (Å²) < 4.78 is 0. The topological polar surface area (TPSA) is 6.48 Å². The minimum atomic E-state index is -0.0933. The molecule has 3 atom stereocenters. The third-order valence-electron chi connectivity index (χ3n) is 15.7. The second-order valence-electron chi connectivity index (χ2n) is 19.0. The second-order valence-corrected chi connectivity index (χ2v) is 19.0. The van der Waals surface area contributed by atoms with Crippen LogP contribution < -0.4 is 9.80 Å². The SMILES string of the molecule is CC1(C)c2ccccc2-c2ccc(N(c3ccccc3)c3cccc4c3C35c6c(cccc6N(c6ccccc6)c6ccccc6C6CCCCC6)CC3CCC5C4)cc21. The van der Waals surface area contributed by atoms with Crippen molar-refractivity contribution in [3.63, 3.8) is 0 Å². The van der Waals surface area contributed by atoms with Gasteiger partial charge in [0.1, 0.15) is 0 Å². The van der Waals surface area contributed by atoms with Gasteiger partial charge < -0.3 is 9.80 Å². The Labute approximate surface area is 356 Å². The third-order valence-corrected chi connectivity index (χ3v) is 15.7. The first-order chi connectivity index (χ1) is 29.5. The third kappa shape index (κ3) is 5.19. The lowest BCUT2D eigenvalue weighted by Crippen LogP contribution is -2.34. The Morgan fingerprint density at radius 1 is 0.433 bits per heavy atom. The molecule has 2 fully saturated rings. The van der Waals surface area contributed by atoms with Crippen LogP contribution in [-0.4, -0.2) is 0 Å². The van der Waals surface area contributed by atoms with E-state index in [-0.39, 0.29) is 10.8 Å². The van der Waals surface area contributed by atoms with E-state index >= 15 is 0 Å². The summed E-state index contributed by atoms with van der Waals surface area (Å²) in [5, 5.41) is 0. The van der Waals surface area contributed by atoms with Crippen LogP contribution in [0.5, 0.6) is 0 Å². The van der Waals surface area contributed by atoms with Crippen molar-refractivity contribution < 1.29 is 0 Å². The average Bonchev–Trinajstić information content (AvgIpc) is 3.99. The molecule has 60 heavy (non-hydrogen) atoms. The molecular formula is C58H54N2. The second kappa shape index (κ2) is 13.8. The quantitative estimate of drug-likeness (QED) is 0.159. The van der Waals surface area contributed by atoms with E-state index in [1.807, 2.05) is 0 Å². The van der Waals surface area contributed by atoms with Crippen molar-refractivity contribution in [2.75, 3.05) is 9.80 Å². The van der Waals surface area contributed by atoms with E-state index in [1.54, 1.807) is 16.7 Å². The van der Waals surface area contributed by atoms with Gasteiger partial charge in [-0.3, -0.25) is 0 Å². The van der Waals surface area contributed by atoms with Crippen LogP contribution in [0.25, 0.3) is 11.1 Å². The van der Waals surface area contributed by atoms with Crippen LogP contribution in [0.2, 0.25) is 0 Å². The highest BCUT2D eigenvalue weighted by molar-refractivity contribution is 5.89. The molecule has 0 amide bonds. The molecule has 7 aromatic carbocycles. The lowest BCUT2D eigenvalue weighted by atomic mass is 9.68. The molecule has 5 aliphatic rings. The van der Waals surface area contributed by atoms with Crippen LogP contribution in [0.3, 0.4) is 0 Å². The molecule has 0 saturated heterocycles. The lowest BCUT2D eigenvalue weighted by molar-refractivity contribution is 0.350. The molecule has 0 aromatic heterocycles. The van der Waals surface area contributed by atoms with Gasteiger partial charge in [0.2, 0.25) is 0 Å². The molecule has 12 rings (SSSR count). The molecule has 7 aromatic rings. The zero-order valence-corrected chi connectivity index (χ0v) is 35.1. The Bertz CT molecular complexity index is 2750. The first-order valence-corrected chi connectivity index (χ1v) is 22.8. The van der Waals surface area contributed by atoms with Crippen molar-refractivity contribution in [1.82, 2.24) is 0 Å². The fourth-order valence-corrected chi connectivity index (χ4v) is 13.3. The predicted octanol–water partition coefficient (Wildman–Crippen LogP) is 15.4. The number of nitrogens with zero attached hydrogens (tertiary/aromatic N) is 2. The standard InChI is InChI=1S/C58H54N2/c1-57(2)50-28-14-12-27-48(50)49-35-34-46(38-51(49)57)59(44-22-8-4-9-23-44)53-30-16-20-40-36-42-32-33-43-37-41-21-17-31-54(56(41)58(42,43)55(40)53)60(45-24-10-5-11-25-45)52-29-15-13-26-47(52)39-18-6-3-7-19-39/h4-5,8-17,20-31,34-35,38-39,42-43H,3,6-7,18-19,32-33,36-37H2,1-2H3. The first-order valence-electron chi connectivity index (χ1n) is 22.8. The molecule has 0 heterocycles. The van der Waals surface area contributed by atoms with E-state index in [4.69, 9.17) is 0 Å². The van der Waals surface area contributed by atoms with Crippen LogP contribution in [0.15, 0.2) is 164 Å². The van der Waals surface area contributed by atoms with Gasteiger partial charge in [-0.25, -0.2) is 0 Å². The Morgan fingerprint density at radius 2 is 0.983 bits per heavy atom. The van der Waals surface area contributed by atoms with Crippen molar-refractivity contribution in [2.24, 2.45) is 11.8 Å². The normalized spacial score (nSPS) is 21.7. The largest absolute Gasteiger partial charge is 0.310 e. The van der Waals surface area contributed by atoms with Crippen LogP contribution >= 0.6 is 0 Å². The zero-order chi connectivity index (χ0) is 40.0. The number of anilines is 6. The van der Waals surface area contributed by atoms with E-state index in [1.165, 1.54) is 112 Å². The van der Waals surface area contributed by atoms with Crippen molar-refractivity contribution in [2.45, 2.75) is 88.4 Å². The van der Waals surface area contributed by atoms with E-state index in [0.717, 1.165) is 12.8 Å². The van der Waals surface area contributed by atoms with E-state index in [0.29, 0.717) is 17.8 Å². The Balaban J connectivity index is 1.09. The molecule has 0 N–H and O–H groups in total. The van der Waals surface area contributed by atoms with Gasteiger partial charge >= 0.3 is 0 Å². The Morgan fingerprint density at radius 3 is 1.67 bits per heavy atom. The molecule has 1 spiro atoms. The van der Waals surface area contributed by atoms with Crippen LogP contribution in [0.1, 0.15) is 104 Å². The average molecular weight is 779 g/mol. The molecule has 3 unspecified atom stereocenters. The number of hydrogen-bond acceptors (Lipinski definition) is 2. The monoisotopic (exact) mass is 778 g/mol. The Kier molecular flexibility index (Phi) is 8.32. The number of fused-ring (bicyclic) bond motifs is 5. The van der Waals surface area contributed by atoms with Crippen LogP contribution in [-0.2, 0) is 23.7 Å². The number of benzene rings is 7. The zero-order valence-electron chi connectivity index (χ0n) is 35.1. The first kappa shape index (κ1) is 36.0. The lowest BCUT2D eigenvalue weighted by Gasteiger charge is -2.40. The minimum absolute atomic E-state index is 0.0859. The summed E-state index contributed by atoms with van der Waals surface area (Å²) in [5.74, 6) is 1.70. The van der Waals surface area contributed by atoms with Gasteiger partial charge in [-0.15, -0.1) is 0 Å². The number of para-hydroxylation sites is 3. The maximum atomic E-state index is 2.69. The van der Waals surface area contributed by atoms with Crippen molar-refractivity contribution >= 4 is 34.1 Å². The van der Waals surface area contributed by atoms with Gasteiger partial charge in [-0.1, -0.05) is 142 Å². The van der Waals surface area contributed by atoms with E-state index in [9.17, 15) is 0 Å². The molecule has 2 saturated carbocycles. The van der Waals surface area contributed by atoms with Crippen LogP contribution in [0.4, 0.5) is 34.1 Å². The highest BCUT2D eigenvalue weighted by Crippen LogP contribution is 2.69. The molecule has 0 aliphatic heterocycles. The summed E-state index contributed by atoms with van der Waals surface area (Å²) >= 11 is 0. The fourth-order valence-electron chi connectivity index (χ4n) is 13.3. The highest BCUT2D eigenvalue weighted by Gasteiger charge is 2.62. The van der Waals surface area contributed by atoms with Gasteiger partial charge in [-0.05, 0) is 161 Å². The summed E-state index contributed by atoms with van der Waals surface area (Å²) in [5.41, 5.74) is 20.9. The van der Waals surface area contributed by atoms with Gasteiger partial charge in [0.05, 0.1) is 11.4 Å². The smallest absolute Gasteiger partial charge is 0.0505 e. The molecule has 2 heteroatoms. The van der Waals surface area contributed by atoms with Crippen molar-refractivity contribution in [1.29, 1.82) is 0 Å². The maximum Gasteiger partial charge on any atom is 0.0505 e. The predicted molar refractivity (Wildman–Crippen MR) is 250 cm³/mol. The van der Waals surface area contributed by atoms with Gasteiger partial charge in [-0.2, -0.15) is 0 Å². The maximum absolute atomic E-state index is 2.69. The Hall–Kier alpha value is -5.86. The van der Waals surface area contributed by atoms with E-state index in [2.05, 4.69) is 187 Å². The highest BCUT2D eigenvalue weighted by atomic mass is 15.2. The van der Waals surface area contributed by atoms with Crippen molar-refractivity contribution in [3.8, 4) is 11.1 Å². The molecule has 0 bridgehead atoms. The van der Waals surface area contributed by atoms with Crippen LogP contribution in [0, 0.1) is 11.8 Å². The van der Waals surface area contributed by atoms with Crippen molar-refractivity contribution in [3.05, 3.63) is 203 Å². The van der Waals surface area contributed by atoms with Gasteiger partial charge in [0.25, 0.3) is 0 Å². The molecular weight excluding hydrogens is 725 g/mol. The number of hydrogen-bond donors (Lipinski definition) is 0. The molecule has 0 radical (unpaired) electrons. The summed E-state index contributed by atoms with van der Waals surface area (Å²) in [4.78, 5) is 5.31. The summed E-state index contributed by atoms with van der Waals surface area (Å²) in [6.07, 6.45) is 11.4. The molecule has 2 nitrogen and oxygen atoms in total. The number of rotatable bonds is 7. The summed E-state index contributed by atoms with van der Waals surface area (Å²) in [6.45, 7) is 4.81. The fraction of sp³-hybridized carbons (Fsp3) is 0.276. The molecule has 5 aliphatic carbocycles. The van der Waals surface area contributed by atoms with Gasteiger partial charge in [0.15, 0.2) is 0 Å². The summed E-state index contributed by atoms with van der Waals surface area (Å²) in [6, 6.07) is 62.9.